The molecule has 1 rings (SSSR count). The van der Waals surface area contributed by atoms with E-state index in [0.717, 1.165) is 44.9 Å². The van der Waals surface area contributed by atoms with Gasteiger partial charge in [0.15, 0.2) is 0 Å². The number of carboxylic acids is 1. The standard InChI is InChI=1S/C22H38O5/c1-2-3-8-12-18-19(21(25)16-20(18)24)15-14-17(23)11-9-6-4-5-7-10-13-22(26)27/h6,9,14-15,17-21,23-25H,2-5,7-8,10-13,16H2,1H3,(H,26,27)/b9-6-,15-14+/t17-,18+,19-,20+,21-/m0/s1. The van der Waals surface area contributed by atoms with Gasteiger partial charge in [-0.25, -0.2) is 0 Å². The van der Waals surface area contributed by atoms with E-state index in [4.69, 9.17) is 5.11 Å². The zero-order chi connectivity index (χ0) is 20.1. The van der Waals surface area contributed by atoms with Crippen molar-refractivity contribution in [3.8, 4) is 0 Å². The highest BCUT2D eigenvalue weighted by molar-refractivity contribution is 5.66. The van der Waals surface area contributed by atoms with Crippen molar-refractivity contribution >= 4 is 5.97 Å². The number of aliphatic hydroxyl groups excluding tert-OH is 3. The van der Waals surface area contributed by atoms with Crippen LogP contribution in [-0.2, 0) is 4.79 Å². The van der Waals surface area contributed by atoms with Gasteiger partial charge in [-0.15, -0.1) is 0 Å². The van der Waals surface area contributed by atoms with Gasteiger partial charge in [-0.1, -0.05) is 56.9 Å². The van der Waals surface area contributed by atoms with Crippen molar-refractivity contribution in [3.05, 3.63) is 24.3 Å². The molecular formula is C22H38O5. The van der Waals surface area contributed by atoms with Crippen molar-refractivity contribution in [2.45, 2.75) is 95.9 Å². The van der Waals surface area contributed by atoms with Crippen LogP contribution in [0.2, 0.25) is 0 Å². The summed E-state index contributed by atoms with van der Waals surface area (Å²) in [6.07, 6.45) is 14.9. The molecule has 1 saturated carbocycles. The van der Waals surface area contributed by atoms with E-state index in [9.17, 15) is 20.1 Å². The highest BCUT2D eigenvalue weighted by Gasteiger charge is 2.39. The predicted octanol–water partition coefficient (Wildman–Crippen LogP) is 3.82. The topological polar surface area (TPSA) is 98.0 Å². The number of allylic oxidation sites excluding steroid dienone is 1. The molecule has 0 heterocycles. The smallest absolute Gasteiger partial charge is 0.303 e. The third-order valence-corrected chi connectivity index (χ3v) is 5.42. The van der Waals surface area contributed by atoms with Crippen LogP contribution >= 0.6 is 0 Å². The van der Waals surface area contributed by atoms with Gasteiger partial charge in [-0.3, -0.25) is 4.79 Å². The van der Waals surface area contributed by atoms with Crippen LogP contribution in [-0.4, -0.2) is 44.7 Å². The SMILES string of the molecule is CCCCC[C@@H]1[C@H](/C=C/[C@@H](O)C/C=C\CCCCCC(=O)O)[C@@H](O)C[C@H]1O. The van der Waals surface area contributed by atoms with Crippen LogP contribution in [0.4, 0.5) is 0 Å². The fourth-order valence-corrected chi connectivity index (χ4v) is 3.81. The molecule has 0 aromatic heterocycles. The molecular weight excluding hydrogens is 344 g/mol. The van der Waals surface area contributed by atoms with Crippen molar-refractivity contribution in [2.24, 2.45) is 11.8 Å². The number of hydrogen-bond donors (Lipinski definition) is 4. The van der Waals surface area contributed by atoms with Crippen LogP contribution in [0, 0.1) is 11.8 Å². The summed E-state index contributed by atoms with van der Waals surface area (Å²) in [4.78, 5) is 10.4. The van der Waals surface area contributed by atoms with E-state index in [2.05, 4.69) is 6.92 Å². The normalized spacial score (nSPS) is 27.0. The van der Waals surface area contributed by atoms with Gasteiger partial charge in [0.05, 0.1) is 18.3 Å². The fourth-order valence-electron chi connectivity index (χ4n) is 3.81. The first-order valence-electron chi connectivity index (χ1n) is 10.5. The molecule has 1 fully saturated rings. The van der Waals surface area contributed by atoms with Gasteiger partial charge < -0.3 is 20.4 Å². The van der Waals surface area contributed by atoms with Crippen LogP contribution in [0.3, 0.4) is 0 Å². The van der Waals surface area contributed by atoms with E-state index in [1.807, 2.05) is 18.2 Å². The average molecular weight is 383 g/mol. The summed E-state index contributed by atoms with van der Waals surface area (Å²) in [6, 6.07) is 0. The van der Waals surface area contributed by atoms with Crippen molar-refractivity contribution in [3.63, 3.8) is 0 Å². The molecule has 1 aliphatic rings. The Balaban J connectivity index is 2.30. The lowest BCUT2D eigenvalue weighted by Crippen LogP contribution is -2.21. The Bertz CT molecular complexity index is 460. The minimum Gasteiger partial charge on any atom is -0.481 e. The molecule has 0 aromatic rings. The van der Waals surface area contributed by atoms with Crippen molar-refractivity contribution in [2.75, 3.05) is 0 Å². The second kappa shape index (κ2) is 13.9. The Labute approximate surface area is 163 Å². The fraction of sp³-hybridized carbons (Fsp3) is 0.773. The molecule has 1 aliphatic carbocycles. The zero-order valence-corrected chi connectivity index (χ0v) is 16.7. The Morgan fingerprint density at radius 1 is 1.07 bits per heavy atom. The van der Waals surface area contributed by atoms with E-state index < -0.39 is 24.3 Å². The van der Waals surface area contributed by atoms with E-state index in [-0.39, 0.29) is 18.3 Å². The molecule has 0 unspecified atom stereocenters. The maximum atomic E-state index is 10.4. The van der Waals surface area contributed by atoms with Crippen molar-refractivity contribution in [1.29, 1.82) is 0 Å². The van der Waals surface area contributed by atoms with E-state index in [1.165, 1.54) is 0 Å². The summed E-state index contributed by atoms with van der Waals surface area (Å²) in [5.74, 6) is -0.742. The molecule has 0 aliphatic heterocycles. The zero-order valence-electron chi connectivity index (χ0n) is 16.7. The molecule has 27 heavy (non-hydrogen) atoms. The summed E-state index contributed by atoms with van der Waals surface area (Å²) in [6.45, 7) is 2.15. The number of unbranched alkanes of at least 4 members (excludes halogenated alkanes) is 5. The summed E-state index contributed by atoms with van der Waals surface area (Å²) < 4.78 is 0. The van der Waals surface area contributed by atoms with Gasteiger partial charge in [0.1, 0.15) is 0 Å². The van der Waals surface area contributed by atoms with Gasteiger partial charge in [0.25, 0.3) is 0 Å². The maximum absolute atomic E-state index is 10.4. The predicted molar refractivity (Wildman–Crippen MR) is 107 cm³/mol. The number of aliphatic hydroxyl groups is 3. The van der Waals surface area contributed by atoms with Gasteiger partial charge in [-0.05, 0) is 38.0 Å². The lowest BCUT2D eigenvalue weighted by atomic mass is 9.88. The Kier molecular flexibility index (Phi) is 12.3. The van der Waals surface area contributed by atoms with Gasteiger partial charge in [0.2, 0.25) is 0 Å². The third kappa shape index (κ3) is 10.1. The Morgan fingerprint density at radius 3 is 2.56 bits per heavy atom. The van der Waals surface area contributed by atoms with Crippen LogP contribution in [0.15, 0.2) is 24.3 Å². The van der Waals surface area contributed by atoms with E-state index in [1.54, 1.807) is 6.08 Å². The summed E-state index contributed by atoms with van der Waals surface area (Å²) in [5, 5.41) is 39.1. The van der Waals surface area contributed by atoms with Crippen LogP contribution in [0.25, 0.3) is 0 Å². The first-order chi connectivity index (χ1) is 13.0. The molecule has 0 amide bonds. The molecule has 0 bridgehead atoms. The summed E-state index contributed by atoms with van der Waals surface area (Å²) >= 11 is 0. The molecule has 0 spiro atoms. The van der Waals surface area contributed by atoms with Crippen LogP contribution in [0.5, 0.6) is 0 Å². The first-order valence-corrected chi connectivity index (χ1v) is 10.5. The first kappa shape index (κ1) is 23.9. The Morgan fingerprint density at radius 2 is 1.85 bits per heavy atom. The summed E-state index contributed by atoms with van der Waals surface area (Å²) in [7, 11) is 0. The molecule has 4 N–H and O–H groups in total. The highest BCUT2D eigenvalue weighted by atomic mass is 16.4. The third-order valence-electron chi connectivity index (χ3n) is 5.42. The van der Waals surface area contributed by atoms with Crippen LogP contribution < -0.4 is 0 Å². The molecule has 0 saturated heterocycles. The largest absolute Gasteiger partial charge is 0.481 e. The molecule has 5 nitrogen and oxygen atoms in total. The number of aliphatic carboxylic acids is 1. The molecule has 5 heteroatoms. The minimum atomic E-state index is -0.743. The maximum Gasteiger partial charge on any atom is 0.303 e. The lowest BCUT2D eigenvalue weighted by molar-refractivity contribution is -0.137. The average Bonchev–Trinajstić information content (AvgIpc) is 2.88. The van der Waals surface area contributed by atoms with Gasteiger partial charge in [0, 0.05) is 18.8 Å². The van der Waals surface area contributed by atoms with Crippen molar-refractivity contribution in [1.82, 2.24) is 0 Å². The quantitative estimate of drug-likeness (QED) is 0.270. The summed E-state index contributed by atoms with van der Waals surface area (Å²) in [5.41, 5.74) is 0. The van der Waals surface area contributed by atoms with E-state index in [0.29, 0.717) is 19.3 Å². The number of carbonyl (C=O) groups is 1. The molecule has 0 aromatic carbocycles. The second-order valence-electron chi connectivity index (χ2n) is 7.76. The molecule has 5 atom stereocenters. The number of hydrogen-bond acceptors (Lipinski definition) is 4. The monoisotopic (exact) mass is 382 g/mol. The van der Waals surface area contributed by atoms with Crippen LogP contribution in [0.1, 0.15) is 77.6 Å². The molecule has 0 radical (unpaired) electrons. The van der Waals surface area contributed by atoms with Gasteiger partial charge >= 0.3 is 5.97 Å². The number of rotatable bonds is 14. The second-order valence-corrected chi connectivity index (χ2v) is 7.76. The lowest BCUT2D eigenvalue weighted by Gasteiger charge is -2.21. The van der Waals surface area contributed by atoms with Crippen molar-refractivity contribution < 1.29 is 25.2 Å². The minimum absolute atomic E-state index is 0.0790. The highest BCUT2D eigenvalue weighted by Crippen LogP contribution is 2.37. The molecule has 156 valence electrons. The van der Waals surface area contributed by atoms with Gasteiger partial charge in [-0.2, -0.15) is 0 Å². The Hall–Kier alpha value is -1.17. The number of carboxylic acid groups (broad SMARTS) is 1. The van der Waals surface area contributed by atoms with E-state index >= 15 is 0 Å².